The third-order valence-electron chi connectivity index (χ3n) is 12.4. The van der Waals surface area contributed by atoms with Crippen molar-refractivity contribution in [1.82, 2.24) is 20.6 Å². The number of benzene rings is 2. The minimum atomic E-state index is -0.815. The number of likely N-dealkylation sites (N-methyl/N-ethyl adjacent to an activating group) is 1. The zero-order valence-electron chi connectivity index (χ0n) is 34.0. The number of hydrogen-bond acceptors (Lipinski definition) is 9. The number of nitrogens with zero attached hydrogens (tertiary/aromatic N) is 3. The minimum absolute atomic E-state index is 0.00843. The van der Waals surface area contributed by atoms with Gasteiger partial charge in [-0.25, -0.2) is 0 Å². The van der Waals surface area contributed by atoms with Gasteiger partial charge in [0.05, 0.1) is 25.9 Å². The van der Waals surface area contributed by atoms with Crippen molar-refractivity contribution in [1.29, 1.82) is 0 Å². The van der Waals surface area contributed by atoms with E-state index in [-0.39, 0.29) is 37.0 Å². The van der Waals surface area contributed by atoms with E-state index in [2.05, 4.69) is 56.2 Å². The molecule has 0 radical (unpaired) electrons. The maximum Gasteiger partial charge on any atom is 0.251 e. The number of methoxy groups -OCH3 is 1. The van der Waals surface area contributed by atoms with Crippen LogP contribution in [0, 0.1) is 35.0 Å². The summed E-state index contributed by atoms with van der Waals surface area (Å²) in [6.07, 6.45) is 1.71. The molecule has 2 aromatic rings. The summed E-state index contributed by atoms with van der Waals surface area (Å²) in [6, 6.07) is 11.1. The van der Waals surface area contributed by atoms with E-state index in [9.17, 15) is 14.7 Å². The van der Waals surface area contributed by atoms with Crippen molar-refractivity contribution < 1.29 is 24.3 Å². The molecule has 6 rings (SSSR count). The SMILES string of the molecule is COc1c(CN2O[C@@H](CN)[C@@H]([C@H](C)O)[C@H]2C(=O)N[C@H]2C[C@H]3C[C@H]([C@@H]2C)C3(C)C)cccc1-c1cc(C(=O)N[C@@H](CC(C)C)CN(C)C)cc(N(C)C)c1. The van der Waals surface area contributed by atoms with Crippen LogP contribution in [-0.4, -0.2) is 106 Å². The summed E-state index contributed by atoms with van der Waals surface area (Å²) in [7, 11) is 9.60. The molecular formula is C42H66N6O5. The number of rotatable bonds is 15. The number of nitrogens with two attached hydrogens (primary N) is 1. The van der Waals surface area contributed by atoms with Crippen LogP contribution in [0.5, 0.6) is 5.75 Å². The topological polar surface area (TPSA) is 133 Å². The Hall–Kier alpha value is -3.22. The first-order valence-corrected chi connectivity index (χ1v) is 19.5. The zero-order chi connectivity index (χ0) is 38.9. The Kier molecular flexibility index (Phi) is 12.9. The van der Waals surface area contributed by atoms with Gasteiger partial charge in [0.2, 0.25) is 5.91 Å². The Labute approximate surface area is 317 Å². The molecule has 2 aromatic carbocycles. The number of carbonyl (C=O) groups is 2. The molecule has 0 unspecified atom stereocenters. The van der Waals surface area contributed by atoms with Crippen molar-refractivity contribution in [3.8, 4) is 16.9 Å². The summed E-state index contributed by atoms with van der Waals surface area (Å²) in [5.41, 5.74) is 10.4. The molecule has 11 heteroatoms. The van der Waals surface area contributed by atoms with Crippen LogP contribution in [0.25, 0.3) is 11.1 Å². The molecule has 11 nitrogen and oxygen atoms in total. The maximum atomic E-state index is 14.3. The fourth-order valence-electron chi connectivity index (χ4n) is 9.49. The second kappa shape index (κ2) is 16.7. The molecule has 3 aliphatic carbocycles. The van der Waals surface area contributed by atoms with E-state index in [1.165, 1.54) is 6.42 Å². The van der Waals surface area contributed by atoms with E-state index in [4.69, 9.17) is 15.3 Å². The first kappa shape index (κ1) is 41.0. The molecule has 2 amide bonds. The van der Waals surface area contributed by atoms with Gasteiger partial charge in [-0.2, -0.15) is 5.06 Å². The van der Waals surface area contributed by atoms with Crippen molar-refractivity contribution in [2.24, 2.45) is 40.7 Å². The first-order valence-electron chi connectivity index (χ1n) is 19.5. The molecule has 294 valence electrons. The zero-order valence-corrected chi connectivity index (χ0v) is 34.0. The molecule has 1 heterocycles. The normalized spacial score (nSPS) is 27.6. The fourth-order valence-corrected chi connectivity index (χ4v) is 9.49. The van der Waals surface area contributed by atoms with Gasteiger partial charge in [0.15, 0.2) is 0 Å². The Bertz CT molecular complexity index is 1580. The summed E-state index contributed by atoms with van der Waals surface area (Å²) < 4.78 is 6.11. The van der Waals surface area contributed by atoms with E-state index in [0.29, 0.717) is 40.4 Å². The number of aliphatic hydroxyl groups is 1. The highest BCUT2D eigenvalue weighted by atomic mass is 16.7. The highest BCUT2D eigenvalue weighted by Crippen LogP contribution is 2.61. The number of para-hydroxylation sites is 1. The Morgan fingerprint density at radius 1 is 1.11 bits per heavy atom. The van der Waals surface area contributed by atoms with Gasteiger partial charge in [-0.3, -0.25) is 14.4 Å². The summed E-state index contributed by atoms with van der Waals surface area (Å²) in [6.45, 7) is 14.2. The summed E-state index contributed by atoms with van der Waals surface area (Å²) in [5, 5.41) is 19.4. The number of nitrogens with one attached hydrogen (secondary N) is 2. The largest absolute Gasteiger partial charge is 0.496 e. The van der Waals surface area contributed by atoms with Crippen molar-refractivity contribution in [3.05, 3.63) is 47.5 Å². The highest BCUT2D eigenvalue weighted by molar-refractivity contribution is 5.97. The van der Waals surface area contributed by atoms with Crippen LogP contribution in [0.3, 0.4) is 0 Å². The van der Waals surface area contributed by atoms with E-state index >= 15 is 0 Å². The lowest BCUT2D eigenvalue weighted by molar-refractivity contribution is -0.175. The second-order valence-corrected chi connectivity index (χ2v) is 17.5. The van der Waals surface area contributed by atoms with Crippen LogP contribution in [0.1, 0.15) is 76.7 Å². The van der Waals surface area contributed by atoms with Crippen molar-refractivity contribution in [2.75, 3.05) is 53.3 Å². The van der Waals surface area contributed by atoms with E-state index in [0.717, 1.165) is 41.8 Å². The van der Waals surface area contributed by atoms with Crippen LogP contribution in [0.2, 0.25) is 0 Å². The molecule has 0 aromatic heterocycles. The summed E-state index contributed by atoms with van der Waals surface area (Å²) >= 11 is 0. The van der Waals surface area contributed by atoms with Crippen LogP contribution in [-0.2, 0) is 16.2 Å². The lowest BCUT2D eigenvalue weighted by Gasteiger charge is -2.62. The van der Waals surface area contributed by atoms with E-state index in [1.54, 1.807) is 19.1 Å². The van der Waals surface area contributed by atoms with Crippen molar-refractivity contribution in [3.63, 3.8) is 0 Å². The van der Waals surface area contributed by atoms with Crippen LogP contribution < -0.4 is 26.0 Å². The Morgan fingerprint density at radius 3 is 2.40 bits per heavy atom. The number of hydroxylamine groups is 2. The van der Waals surface area contributed by atoms with Gasteiger partial charge < -0.3 is 36.0 Å². The Balaban J connectivity index is 1.45. The number of hydrogen-bond donors (Lipinski definition) is 4. The molecule has 1 saturated heterocycles. The third kappa shape index (κ3) is 8.70. The predicted octanol–water partition coefficient (Wildman–Crippen LogP) is 4.76. The smallest absolute Gasteiger partial charge is 0.251 e. The maximum absolute atomic E-state index is 14.3. The van der Waals surface area contributed by atoms with E-state index in [1.807, 2.05) is 63.4 Å². The second-order valence-electron chi connectivity index (χ2n) is 17.5. The molecule has 2 bridgehead atoms. The summed E-state index contributed by atoms with van der Waals surface area (Å²) in [5.74, 6) is 1.82. The molecule has 9 atom stereocenters. The standard InChI is InChI=1S/C42H66N6O5/c1-24(2)15-31(23-46(7)8)44-40(50)29-16-28(17-32(18-29)47(9)10)33-14-12-13-27(39(33)52-11)22-48-38(37(26(4)49)36(21-43)53-48)41(51)45-35-20-30-19-34(25(35)3)42(30,5)6/h12-14,16-18,24-26,30-31,34-38,49H,15,19-23,43H2,1-11H3,(H,44,50)(H,45,51)/t25-,26-,30+,31-,34+,35-,36-,37+,38-/m0/s1. The predicted molar refractivity (Wildman–Crippen MR) is 212 cm³/mol. The monoisotopic (exact) mass is 735 g/mol. The molecule has 4 fully saturated rings. The van der Waals surface area contributed by atoms with Gasteiger partial charge in [0.1, 0.15) is 11.8 Å². The van der Waals surface area contributed by atoms with Crippen LogP contribution in [0.4, 0.5) is 5.69 Å². The van der Waals surface area contributed by atoms with Crippen molar-refractivity contribution >= 4 is 17.5 Å². The number of carbonyl (C=O) groups excluding carboxylic acids is 2. The van der Waals surface area contributed by atoms with Gasteiger partial charge in [-0.15, -0.1) is 0 Å². The van der Waals surface area contributed by atoms with Crippen LogP contribution >= 0.6 is 0 Å². The average Bonchev–Trinajstić information content (AvgIpc) is 3.46. The molecular weight excluding hydrogens is 668 g/mol. The first-order chi connectivity index (χ1) is 25.0. The quantitative estimate of drug-likeness (QED) is 0.205. The molecule has 0 spiro atoms. The average molecular weight is 735 g/mol. The molecule has 3 saturated carbocycles. The van der Waals surface area contributed by atoms with Gasteiger partial charge in [-0.05, 0) is 93.1 Å². The molecule has 5 N–H and O–H groups in total. The lowest BCUT2D eigenvalue weighted by atomic mass is 9.45. The third-order valence-corrected chi connectivity index (χ3v) is 12.4. The van der Waals surface area contributed by atoms with Crippen molar-refractivity contribution in [2.45, 2.75) is 97.7 Å². The number of ether oxygens (including phenoxy) is 1. The van der Waals surface area contributed by atoms with Gasteiger partial charge in [-0.1, -0.05) is 52.8 Å². The fraction of sp³-hybridized carbons (Fsp3) is 0.667. The molecule has 53 heavy (non-hydrogen) atoms. The van der Waals surface area contributed by atoms with Gasteiger partial charge in [0, 0.05) is 67.6 Å². The number of anilines is 1. The lowest BCUT2D eigenvalue weighted by Crippen LogP contribution is -2.62. The highest BCUT2D eigenvalue weighted by Gasteiger charge is 2.57. The van der Waals surface area contributed by atoms with Gasteiger partial charge >= 0.3 is 0 Å². The minimum Gasteiger partial charge on any atom is -0.496 e. The molecule has 1 aliphatic heterocycles. The van der Waals surface area contributed by atoms with E-state index < -0.39 is 24.2 Å². The van der Waals surface area contributed by atoms with Crippen LogP contribution in [0.15, 0.2) is 36.4 Å². The number of amides is 2. The Morgan fingerprint density at radius 2 is 1.83 bits per heavy atom. The number of aliphatic hydroxyl groups excluding tert-OH is 1. The summed E-state index contributed by atoms with van der Waals surface area (Å²) in [4.78, 5) is 38.6. The van der Waals surface area contributed by atoms with Gasteiger partial charge in [0.25, 0.3) is 5.91 Å². The molecule has 4 aliphatic rings. The number of fused-ring (bicyclic) bond motifs is 2.